The van der Waals surface area contributed by atoms with Crippen molar-refractivity contribution in [1.29, 1.82) is 0 Å². The second kappa shape index (κ2) is 4.84. The van der Waals surface area contributed by atoms with Gasteiger partial charge in [0.15, 0.2) is 0 Å². The molecule has 0 fully saturated rings. The van der Waals surface area contributed by atoms with Crippen LogP contribution in [0.5, 0.6) is 0 Å². The molecule has 0 bridgehead atoms. The number of carboxylic acid groups (broad SMARTS) is 1. The van der Waals surface area contributed by atoms with E-state index in [1.54, 1.807) is 6.07 Å². The van der Waals surface area contributed by atoms with Crippen molar-refractivity contribution in [2.45, 2.75) is 13.0 Å². The van der Waals surface area contributed by atoms with Gasteiger partial charge in [0, 0.05) is 6.54 Å². The molecule has 15 heavy (non-hydrogen) atoms. The molecule has 0 unspecified atom stereocenters. The summed E-state index contributed by atoms with van der Waals surface area (Å²) in [6.07, 6.45) is 0.801. The minimum atomic E-state index is -0.962. The summed E-state index contributed by atoms with van der Waals surface area (Å²) in [5.74, 6) is -0.962. The van der Waals surface area contributed by atoms with Crippen molar-refractivity contribution in [3.63, 3.8) is 0 Å². The monoisotopic (exact) mass is 247 g/mol. The predicted octanol–water partition coefficient (Wildman–Crippen LogP) is 2.11. The third-order valence-corrected chi connectivity index (χ3v) is 2.87. The van der Waals surface area contributed by atoms with Gasteiger partial charge in [-0.15, -0.1) is 12.4 Å². The summed E-state index contributed by atoms with van der Waals surface area (Å²) in [7, 11) is 0. The van der Waals surface area contributed by atoms with E-state index in [0.717, 1.165) is 30.6 Å². The molecule has 0 saturated carbocycles. The Balaban J connectivity index is 0.00000112. The van der Waals surface area contributed by atoms with Gasteiger partial charge in [-0.2, -0.15) is 0 Å². The van der Waals surface area contributed by atoms with Crippen LogP contribution >= 0.6 is 24.0 Å². The van der Waals surface area contributed by atoms with Gasteiger partial charge in [0.05, 0.1) is 10.6 Å². The first-order valence-electron chi connectivity index (χ1n) is 4.44. The zero-order valence-corrected chi connectivity index (χ0v) is 9.49. The van der Waals surface area contributed by atoms with Crippen molar-refractivity contribution in [3.05, 3.63) is 33.8 Å². The fourth-order valence-corrected chi connectivity index (χ4v) is 2.06. The highest BCUT2D eigenvalue weighted by molar-refractivity contribution is 6.34. The second-order valence-corrected chi connectivity index (χ2v) is 3.67. The molecule has 5 heteroatoms. The Kier molecular flexibility index (Phi) is 3.97. The van der Waals surface area contributed by atoms with E-state index in [2.05, 4.69) is 5.32 Å². The fourth-order valence-electron chi connectivity index (χ4n) is 1.70. The Morgan fingerprint density at radius 3 is 2.87 bits per heavy atom. The number of carboxylic acids is 1. The van der Waals surface area contributed by atoms with E-state index < -0.39 is 5.97 Å². The van der Waals surface area contributed by atoms with Gasteiger partial charge in [-0.3, -0.25) is 0 Å². The molecule has 1 aliphatic heterocycles. The van der Waals surface area contributed by atoms with Crippen molar-refractivity contribution in [2.24, 2.45) is 0 Å². The highest BCUT2D eigenvalue weighted by Crippen LogP contribution is 2.26. The molecule has 0 amide bonds. The van der Waals surface area contributed by atoms with E-state index >= 15 is 0 Å². The first kappa shape index (κ1) is 12.3. The van der Waals surface area contributed by atoms with Crippen LogP contribution in [0.15, 0.2) is 12.1 Å². The molecule has 0 atom stereocenters. The number of nitrogens with one attached hydrogen (secondary N) is 1. The lowest BCUT2D eigenvalue weighted by Gasteiger charge is -2.18. The Morgan fingerprint density at radius 2 is 2.20 bits per heavy atom. The van der Waals surface area contributed by atoms with Gasteiger partial charge in [-0.1, -0.05) is 17.7 Å². The number of hydrogen-bond donors (Lipinski definition) is 2. The number of rotatable bonds is 1. The van der Waals surface area contributed by atoms with Gasteiger partial charge in [0.2, 0.25) is 0 Å². The molecule has 82 valence electrons. The fraction of sp³-hybridized carbons (Fsp3) is 0.300. The van der Waals surface area contributed by atoms with Crippen LogP contribution in [-0.2, 0) is 13.0 Å². The Bertz CT molecular complexity index is 393. The molecule has 1 heterocycles. The molecule has 1 aromatic carbocycles. The van der Waals surface area contributed by atoms with Crippen LogP contribution in [0.2, 0.25) is 5.02 Å². The van der Waals surface area contributed by atoms with Crippen molar-refractivity contribution in [1.82, 2.24) is 5.32 Å². The second-order valence-electron chi connectivity index (χ2n) is 3.30. The van der Waals surface area contributed by atoms with E-state index in [1.807, 2.05) is 6.07 Å². The lowest BCUT2D eigenvalue weighted by atomic mass is 9.98. The van der Waals surface area contributed by atoms with Gasteiger partial charge in [0.25, 0.3) is 0 Å². The molecule has 1 aromatic rings. The van der Waals surface area contributed by atoms with Crippen LogP contribution in [0.1, 0.15) is 21.5 Å². The van der Waals surface area contributed by atoms with E-state index in [-0.39, 0.29) is 18.0 Å². The molecular weight excluding hydrogens is 237 g/mol. The molecular formula is C10H11Cl2NO2. The summed E-state index contributed by atoms with van der Waals surface area (Å²) in [5, 5.41) is 12.5. The highest BCUT2D eigenvalue weighted by atomic mass is 35.5. The summed E-state index contributed by atoms with van der Waals surface area (Å²) in [6, 6.07) is 3.40. The zero-order chi connectivity index (χ0) is 10.1. The number of fused-ring (bicyclic) bond motifs is 1. The van der Waals surface area contributed by atoms with Crippen LogP contribution in [0.25, 0.3) is 0 Å². The number of benzene rings is 1. The lowest BCUT2D eigenvalue weighted by Crippen LogP contribution is -2.24. The SMILES string of the molecule is Cl.O=C(O)c1ccc2c(c1Cl)CCNC2. The van der Waals surface area contributed by atoms with Crippen molar-refractivity contribution >= 4 is 30.0 Å². The molecule has 3 nitrogen and oxygen atoms in total. The summed E-state index contributed by atoms with van der Waals surface area (Å²) in [4.78, 5) is 10.8. The standard InChI is InChI=1S/C10H10ClNO2.ClH/c11-9-7-3-4-12-5-6(7)1-2-8(9)10(13)14;/h1-2,12H,3-5H2,(H,13,14);1H. The third-order valence-electron chi connectivity index (χ3n) is 2.44. The zero-order valence-electron chi connectivity index (χ0n) is 7.92. The summed E-state index contributed by atoms with van der Waals surface area (Å²) in [6.45, 7) is 1.63. The molecule has 0 aromatic heterocycles. The first-order valence-corrected chi connectivity index (χ1v) is 4.82. The summed E-state index contributed by atoms with van der Waals surface area (Å²) >= 11 is 6.01. The average Bonchev–Trinajstić information content (AvgIpc) is 2.18. The van der Waals surface area contributed by atoms with Crippen LogP contribution in [-0.4, -0.2) is 17.6 Å². The smallest absolute Gasteiger partial charge is 0.337 e. The molecule has 2 N–H and O–H groups in total. The minimum absolute atomic E-state index is 0. The maximum absolute atomic E-state index is 10.8. The van der Waals surface area contributed by atoms with Crippen LogP contribution in [0.4, 0.5) is 0 Å². The van der Waals surface area contributed by atoms with E-state index in [0.29, 0.717) is 5.02 Å². The first-order chi connectivity index (χ1) is 6.70. The predicted molar refractivity (Wildman–Crippen MR) is 61.1 cm³/mol. The van der Waals surface area contributed by atoms with E-state index in [4.69, 9.17) is 16.7 Å². The summed E-state index contributed by atoms with van der Waals surface area (Å²) in [5.41, 5.74) is 2.28. The van der Waals surface area contributed by atoms with Crippen molar-refractivity contribution < 1.29 is 9.90 Å². The molecule has 0 saturated heterocycles. The van der Waals surface area contributed by atoms with Crippen molar-refractivity contribution in [3.8, 4) is 0 Å². The molecule has 0 aliphatic carbocycles. The highest BCUT2D eigenvalue weighted by Gasteiger charge is 2.17. The van der Waals surface area contributed by atoms with Gasteiger partial charge in [0.1, 0.15) is 0 Å². The number of hydrogen-bond acceptors (Lipinski definition) is 2. The summed E-state index contributed by atoms with van der Waals surface area (Å²) < 4.78 is 0. The van der Waals surface area contributed by atoms with E-state index in [9.17, 15) is 4.79 Å². The third kappa shape index (κ3) is 2.25. The maximum atomic E-state index is 10.8. The number of halogens is 2. The number of carbonyl (C=O) groups is 1. The minimum Gasteiger partial charge on any atom is -0.478 e. The van der Waals surface area contributed by atoms with Gasteiger partial charge < -0.3 is 10.4 Å². The van der Waals surface area contributed by atoms with Gasteiger partial charge in [-0.25, -0.2) is 4.79 Å². The van der Waals surface area contributed by atoms with Crippen LogP contribution in [0.3, 0.4) is 0 Å². The Labute approximate surface area is 98.8 Å². The molecule has 0 spiro atoms. The van der Waals surface area contributed by atoms with Gasteiger partial charge >= 0.3 is 5.97 Å². The quantitative estimate of drug-likeness (QED) is 0.800. The normalized spacial score (nSPS) is 13.9. The van der Waals surface area contributed by atoms with Crippen molar-refractivity contribution in [2.75, 3.05) is 6.54 Å². The molecule has 0 radical (unpaired) electrons. The Morgan fingerprint density at radius 1 is 1.47 bits per heavy atom. The largest absolute Gasteiger partial charge is 0.478 e. The van der Waals surface area contributed by atoms with Crippen LogP contribution in [0, 0.1) is 0 Å². The van der Waals surface area contributed by atoms with E-state index in [1.165, 1.54) is 0 Å². The molecule has 1 aliphatic rings. The topological polar surface area (TPSA) is 49.3 Å². The lowest BCUT2D eigenvalue weighted by molar-refractivity contribution is 0.0697. The maximum Gasteiger partial charge on any atom is 0.337 e. The Hall–Kier alpha value is -0.770. The van der Waals surface area contributed by atoms with Gasteiger partial charge in [-0.05, 0) is 30.2 Å². The molecule has 2 rings (SSSR count). The van der Waals surface area contributed by atoms with Crippen LogP contribution < -0.4 is 5.32 Å². The number of aromatic carboxylic acids is 1. The average molecular weight is 248 g/mol.